The third-order valence-corrected chi connectivity index (χ3v) is 9.30. The molecule has 1 unspecified atom stereocenters. The SMILES string of the molecule is COc1c(C)c2c(c(OCC[Si](C)(C)C)c1C/C=C(\C)CC(C#N)P(C)(C)=O)C(=O)OC2. The lowest BCUT2D eigenvalue weighted by atomic mass is 9.94. The van der Waals surface area contributed by atoms with E-state index in [9.17, 15) is 14.6 Å². The van der Waals surface area contributed by atoms with E-state index in [0.29, 0.717) is 36.5 Å². The Morgan fingerprint density at radius 2 is 1.97 bits per heavy atom. The predicted molar refractivity (Wildman–Crippen MR) is 131 cm³/mol. The molecule has 0 saturated heterocycles. The normalized spacial score (nSPS) is 15.1. The minimum Gasteiger partial charge on any atom is -0.496 e. The lowest BCUT2D eigenvalue weighted by Gasteiger charge is -2.21. The van der Waals surface area contributed by atoms with Crippen LogP contribution in [0.15, 0.2) is 11.6 Å². The molecule has 6 nitrogen and oxygen atoms in total. The first-order chi connectivity index (χ1) is 14.8. The summed E-state index contributed by atoms with van der Waals surface area (Å²) in [5, 5.41) is 9.42. The third kappa shape index (κ3) is 6.27. The maximum Gasteiger partial charge on any atom is 0.342 e. The van der Waals surface area contributed by atoms with Gasteiger partial charge >= 0.3 is 5.97 Å². The number of allylic oxidation sites excluding steroid dienone is 2. The Balaban J connectivity index is 2.47. The molecule has 1 atom stereocenters. The molecule has 0 aromatic heterocycles. The highest BCUT2D eigenvalue weighted by atomic mass is 31.2. The van der Waals surface area contributed by atoms with Gasteiger partial charge in [-0.2, -0.15) is 5.26 Å². The molecule has 1 aliphatic heterocycles. The maximum absolute atomic E-state index is 12.6. The van der Waals surface area contributed by atoms with Crippen molar-refractivity contribution in [2.75, 3.05) is 27.0 Å². The zero-order chi connectivity index (χ0) is 24.3. The summed E-state index contributed by atoms with van der Waals surface area (Å²) in [6, 6.07) is 3.15. The lowest BCUT2D eigenvalue weighted by molar-refractivity contribution is 0.0532. The lowest BCUT2D eigenvalue weighted by Crippen LogP contribution is -2.23. The molecule has 0 spiro atoms. The molecule has 0 aliphatic carbocycles. The fourth-order valence-corrected chi connectivity index (χ4v) is 5.42. The number of carbonyl (C=O) groups excluding carboxylic acids is 1. The van der Waals surface area contributed by atoms with Crippen LogP contribution in [0, 0.1) is 18.3 Å². The van der Waals surface area contributed by atoms with Crippen LogP contribution in [0.4, 0.5) is 0 Å². The molecule has 1 aromatic rings. The first-order valence-electron chi connectivity index (χ1n) is 10.9. The van der Waals surface area contributed by atoms with Gasteiger partial charge in [-0.25, -0.2) is 4.79 Å². The second-order valence-electron chi connectivity index (χ2n) is 10.1. The number of cyclic esters (lactones) is 1. The van der Waals surface area contributed by atoms with Crippen molar-refractivity contribution in [3.8, 4) is 17.6 Å². The Kier molecular flexibility index (Phi) is 8.42. The van der Waals surface area contributed by atoms with E-state index in [1.54, 1.807) is 20.4 Å². The Morgan fingerprint density at radius 1 is 1.31 bits per heavy atom. The first kappa shape index (κ1) is 26.2. The molecule has 1 aromatic carbocycles. The number of esters is 1. The summed E-state index contributed by atoms with van der Waals surface area (Å²) < 4.78 is 29.7. The molecule has 0 amide bonds. The maximum atomic E-state index is 12.6. The molecule has 1 aliphatic rings. The second kappa shape index (κ2) is 10.3. The number of methoxy groups -OCH3 is 1. The van der Waals surface area contributed by atoms with Gasteiger partial charge in [0.05, 0.1) is 26.9 Å². The summed E-state index contributed by atoms with van der Waals surface area (Å²) in [5.41, 5.74) is 3.47. The molecule has 0 radical (unpaired) electrons. The van der Waals surface area contributed by atoms with Gasteiger partial charge in [-0.15, -0.1) is 0 Å². The van der Waals surface area contributed by atoms with Crippen LogP contribution in [-0.2, 0) is 22.3 Å². The summed E-state index contributed by atoms with van der Waals surface area (Å²) >= 11 is 0. The van der Waals surface area contributed by atoms with E-state index in [1.807, 2.05) is 19.9 Å². The topological polar surface area (TPSA) is 85.6 Å². The number of nitrogens with zero attached hydrogens (tertiary/aromatic N) is 1. The van der Waals surface area contributed by atoms with Gasteiger partial charge in [0.15, 0.2) is 0 Å². The minimum atomic E-state index is -2.52. The number of carbonyl (C=O) groups is 1. The molecule has 0 N–H and O–H groups in total. The van der Waals surface area contributed by atoms with Crippen molar-refractivity contribution in [1.29, 1.82) is 5.26 Å². The number of nitriles is 1. The monoisotopic (exact) mass is 477 g/mol. The molecule has 1 heterocycles. The fourth-order valence-electron chi connectivity index (χ4n) is 3.70. The second-order valence-corrected chi connectivity index (χ2v) is 19.2. The standard InChI is InChI=1S/C24H36NO5PSi/c1-16(13-18(14-25)31(4,5)27)9-10-19-22(28-3)17(2)20-15-30-24(26)21(20)23(19)29-11-12-32(6,7)8/h9,18H,10-13,15H2,1-8H3/b16-9+. The van der Waals surface area contributed by atoms with Crippen molar-refractivity contribution in [2.24, 2.45) is 0 Å². The molecule has 0 bridgehead atoms. The smallest absolute Gasteiger partial charge is 0.342 e. The molecule has 2 rings (SSSR count). The summed E-state index contributed by atoms with van der Waals surface area (Å²) in [6.07, 6.45) is 2.94. The van der Waals surface area contributed by atoms with Crippen LogP contribution in [0.3, 0.4) is 0 Å². The predicted octanol–water partition coefficient (Wildman–Crippen LogP) is 5.78. The van der Waals surface area contributed by atoms with Crippen LogP contribution in [0.1, 0.15) is 40.4 Å². The summed E-state index contributed by atoms with van der Waals surface area (Å²) in [7, 11) is -2.22. The van der Waals surface area contributed by atoms with Gasteiger partial charge in [-0.1, -0.05) is 31.3 Å². The van der Waals surface area contributed by atoms with Gasteiger partial charge in [-0.05, 0) is 51.6 Å². The molecule has 176 valence electrons. The van der Waals surface area contributed by atoms with E-state index >= 15 is 0 Å². The van der Waals surface area contributed by atoms with Crippen molar-refractivity contribution in [2.45, 2.75) is 64.6 Å². The number of ether oxygens (including phenoxy) is 3. The summed E-state index contributed by atoms with van der Waals surface area (Å²) in [4.78, 5) is 12.6. The minimum absolute atomic E-state index is 0.224. The Hall–Kier alpha value is -2.03. The van der Waals surface area contributed by atoms with E-state index in [4.69, 9.17) is 14.2 Å². The van der Waals surface area contributed by atoms with Crippen molar-refractivity contribution in [3.63, 3.8) is 0 Å². The third-order valence-electron chi connectivity index (χ3n) is 5.79. The number of fused-ring (bicyclic) bond motifs is 1. The van der Waals surface area contributed by atoms with Crippen LogP contribution in [0.25, 0.3) is 0 Å². The Labute approximate surface area is 193 Å². The van der Waals surface area contributed by atoms with Gasteiger partial charge < -0.3 is 18.8 Å². The molecule has 0 fully saturated rings. The highest BCUT2D eigenvalue weighted by molar-refractivity contribution is 7.63. The van der Waals surface area contributed by atoms with E-state index in [-0.39, 0.29) is 12.6 Å². The molecule has 8 heteroatoms. The van der Waals surface area contributed by atoms with Crippen LogP contribution in [-0.4, -0.2) is 46.7 Å². The van der Waals surface area contributed by atoms with Crippen LogP contribution < -0.4 is 9.47 Å². The zero-order valence-electron chi connectivity index (χ0n) is 20.6. The highest BCUT2D eigenvalue weighted by Gasteiger charge is 2.33. The highest BCUT2D eigenvalue weighted by Crippen LogP contribution is 2.45. The van der Waals surface area contributed by atoms with Gasteiger partial charge in [0.1, 0.15) is 29.3 Å². The average molecular weight is 478 g/mol. The van der Waals surface area contributed by atoms with Crippen LogP contribution in [0.2, 0.25) is 25.7 Å². The van der Waals surface area contributed by atoms with E-state index in [1.165, 1.54) is 0 Å². The Bertz CT molecular complexity index is 997. The van der Waals surface area contributed by atoms with Crippen molar-refractivity contribution in [3.05, 3.63) is 33.9 Å². The average Bonchev–Trinajstić information content (AvgIpc) is 3.06. The quantitative estimate of drug-likeness (QED) is 0.184. The van der Waals surface area contributed by atoms with Gasteiger partial charge in [0.2, 0.25) is 0 Å². The van der Waals surface area contributed by atoms with Crippen LogP contribution >= 0.6 is 7.14 Å². The van der Waals surface area contributed by atoms with Gasteiger partial charge in [0, 0.05) is 19.2 Å². The zero-order valence-corrected chi connectivity index (χ0v) is 22.5. The van der Waals surface area contributed by atoms with Gasteiger partial charge in [0.25, 0.3) is 0 Å². The molecular formula is C24H36NO5PSi. The Morgan fingerprint density at radius 3 is 2.50 bits per heavy atom. The number of benzene rings is 1. The summed E-state index contributed by atoms with van der Waals surface area (Å²) in [6.45, 7) is 14.8. The van der Waals surface area contributed by atoms with E-state index < -0.39 is 20.9 Å². The number of rotatable bonds is 10. The van der Waals surface area contributed by atoms with Crippen molar-refractivity contribution >= 4 is 21.2 Å². The fraction of sp³-hybridized carbons (Fsp3) is 0.583. The molecule has 32 heavy (non-hydrogen) atoms. The van der Waals surface area contributed by atoms with Crippen molar-refractivity contribution in [1.82, 2.24) is 0 Å². The number of hydrogen-bond donors (Lipinski definition) is 0. The van der Waals surface area contributed by atoms with E-state index in [0.717, 1.165) is 28.3 Å². The van der Waals surface area contributed by atoms with Gasteiger partial charge in [-0.3, -0.25) is 0 Å². The number of hydrogen-bond acceptors (Lipinski definition) is 6. The molecular weight excluding hydrogens is 441 g/mol. The van der Waals surface area contributed by atoms with Crippen molar-refractivity contribution < 1.29 is 23.6 Å². The van der Waals surface area contributed by atoms with Crippen LogP contribution in [0.5, 0.6) is 11.5 Å². The van der Waals surface area contributed by atoms with E-state index in [2.05, 4.69) is 25.7 Å². The molecule has 0 saturated carbocycles. The first-order valence-corrected chi connectivity index (χ1v) is 17.3. The largest absolute Gasteiger partial charge is 0.496 e. The summed E-state index contributed by atoms with van der Waals surface area (Å²) in [5.74, 6) is 0.876.